The average molecular weight is 275 g/mol. The SMILES string of the molecule is NC(C(=O)NCCCN1CCCC1=O)c1ccccc1. The highest BCUT2D eigenvalue weighted by atomic mass is 16.2. The van der Waals surface area contributed by atoms with Crippen LogP contribution in [0.4, 0.5) is 0 Å². The van der Waals surface area contributed by atoms with Gasteiger partial charge in [0.25, 0.3) is 0 Å². The largest absolute Gasteiger partial charge is 0.354 e. The van der Waals surface area contributed by atoms with E-state index in [9.17, 15) is 9.59 Å². The Labute approximate surface area is 119 Å². The molecule has 0 bridgehead atoms. The lowest BCUT2D eigenvalue weighted by molar-refractivity contribution is -0.127. The van der Waals surface area contributed by atoms with Crippen molar-refractivity contribution in [2.45, 2.75) is 25.3 Å². The van der Waals surface area contributed by atoms with E-state index in [1.807, 2.05) is 35.2 Å². The van der Waals surface area contributed by atoms with Crippen molar-refractivity contribution in [1.29, 1.82) is 0 Å². The summed E-state index contributed by atoms with van der Waals surface area (Å²) in [6.45, 7) is 2.10. The molecular formula is C15H21N3O2. The Morgan fingerprint density at radius 1 is 1.35 bits per heavy atom. The fourth-order valence-electron chi connectivity index (χ4n) is 2.34. The monoisotopic (exact) mass is 275 g/mol. The average Bonchev–Trinajstić information content (AvgIpc) is 2.89. The number of nitrogens with one attached hydrogen (secondary N) is 1. The van der Waals surface area contributed by atoms with Gasteiger partial charge >= 0.3 is 0 Å². The maximum Gasteiger partial charge on any atom is 0.241 e. The molecule has 0 spiro atoms. The van der Waals surface area contributed by atoms with Gasteiger partial charge < -0.3 is 16.0 Å². The molecule has 0 radical (unpaired) electrons. The van der Waals surface area contributed by atoms with Gasteiger partial charge in [-0.05, 0) is 18.4 Å². The van der Waals surface area contributed by atoms with Crippen LogP contribution in [0.15, 0.2) is 30.3 Å². The van der Waals surface area contributed by atoms with E-state index in [4.69, 9.17) is 5.73 Å². The van der Waals surface area contributed by atoms with Crippen LogP contribution in [0.5, 0.6) is 0 Å². The van der Waals surface area contributed by atoms with Crippen LogP contribution in [0.2, 0.25) is 0 Å². The molecule has 1 unspecified atom stereocenters. The van der Waals surface area contributed by atoms with E-state index in [2.05, 4.69) is 5.32 Å². The van der Waals surface area contributed by atoms with Crippen molar-refractivity contribution in [3.8, 4) is 0 Å². The molecule has 1 aromatic carbocycles. The van der Waals surface area contributed by atoms with Crippen LogP contribution in [0.1, 0.15) is 30.9 Å². The number of carbonyl (C=O) groups is 2. The van der Waals surface area contributed by atoms with Crippen LogP contribution in [0, 0.1) is 0 Å². The summed E-state index contributed by atoms with van der Waals surface area (Å²) in [6, 6.07) is 8.66. The molecule has 1 aliphatic rings. The zero-order valence-electron chi connectivity index (χ0n) is 11.5. The number of nitrogens with zero attached hydrogens (tertiary/aromatic N) is 1. The van der Waals surface area contributed by atoms with Crippen molar-refractivity contribution in [2.75, 3.05) is 19.6 Å². The van der Waals surface area contributed by atoms with Crippen LogP contribution in [0.3, 0.4) is 0 Å². The predicted molar refractivity (Wildman–Crippen MR) is 76.8 cm³/mol. The molecular weight excluding hydrogens is 254 g/mol. The molecule has 0 saturated carbocycles. The molecule has 3 N–H and O–H groups in total. The molecule has 0 aromatic heterocycles. The molecule has 1 aliphatic heterocycles. The number of benzene rings is 1. The van der Waals surface area contributed by atoms with E-state index in [0.717, 1.165) is 24.9 Å². The normalized spacial score (nSPS) is 16.2. The first-order chi connectivity index (χ1) is 9.68. The van der Waals surface area contributed by atoms with Crippen molar-refractivity contribution >= 4 is 11.8 Å². The zero-order chi connectivity index (χ0) is 14.4. The molecule has 2 amide bonds. The number of amides is 2. The highest BCUT2D eigenvalue weighted by molar-refractivity contribution is 5.82. The third kappa shape index (κ3) is 3.81. The quantitative estimate of drug-likeness (QED) is 0.755. The summed E-state index contributed by atoms with van der Waals surface area (Å²) in [4.78, 5) is 25.2. The maximum absolute atomic E-state index is 11.9. The van der Waals surface area contributed by atoms with Gasteiger partial charge in [0.1, 0.15) is 6.04 Å². The fourth-order valence-corrected chi connectivity index (χ4v) is 2.34. The van der Waals surface area contributed by atoms with Crippen molar-refractivity contribution in [3.05, 3.63) is 35.9 Å². The van der Waals surface area contributed by atoms with E-state index in [0.29, 0.717) is 19.5 Å². The molecule has 5 nitrogen and oxygen atoms in total. The number of hydrogen-bond acceptors (Lipinski definition) is 3. The van der Waals surface area contributed by atoms with Gasteiger partial charge in [-0.15, -0.1) is 0 Å². The minimum Gasteiger partial charge on any atom is -0.354 e. The molecule has 1 aromatic rings. The van der Waals surface area contributed by atoms with Crippen LogP contribution >= 0.6 is 0 Å². The van der Waals surface area contributed by atoms with E-state index >= 15 is 0 Å². The van der Waals surface area contributed by atoms with Crippen LogP contribution < -0.4 is 11.1 Å². The Kier molecular flexibility index (Phi) is 5.12. The van der Waals surface area contributed by atoms with Gasteiger partial charge in [-0.2, -0.15) is 0 Å². The number of likely N-dealkylation sites (tertiary alicyclic amines) is 1. The summed E-state index contributed by atoms with van der Waals surface area (Å²) in [5, 5.41) is 2.82. The van der Waals surface area contributed by atoms with Gasteiger partial charge in [0, 0.05) is 26.1 Å². The summed E-state index contributed by atoms with van der Waals surface area (Å²) >= 11 is 0. The number of carbonyl (C=O) groups excluding carboxylic acids is 2. The van der Waals surface area contributed by atoms with Crippen LogP contribution in [-0.4, -0.2) is 36.3 Å². The first kappa shape index (κ1) is 14.5. The Hall–Kier alpha value is -1.88. The first-order valence-electron chi connectivity index (χ1n) is 7.04. The van der Waals surface area contributed by atoms with E-state index in [-0.39, 0.29) is 11.8 Å². The van der Waals surface area contributed by atoms with E-state index in [1.165, 1.54) is 0 Å². The Balaban J connectivity index is 1.68. The standard InChI is InChI=1S/C15H21N3O2/c16-14(12-6-2-1-3-7-12)15(20)17-9-5-11-18-10-4-8-13(18)19/h1-3,6-7,14H,4-5,8-11,16H2,(H,17,20). The minimum absolute atomic E-state index is 0.177. The molecule has 0 aliphatic carbocycles. The predicted octanol–water partition coefficient (Wildman–Crippen LogP) is 0.815. The van der Waals surface area contributed by atoms with Crippen molar-refractivity contribution in [1.82, 2.24) is 10.2 Å². The van der Waals surface area contributed by atoms with Crippen molar-refractivity contribution in [3.63, 3.8) is 0 Å². The smallest absolute Gasteiger partial charge is 0.241 e. The number of nitrogens with two attached hydrogens (primary N) is 1. The highest BCUT2D eigenvalue weighted by Gasteiger charge is 2.19. The van der Waals surface area contributed by atoms with Gasteiger partial charge in [-0.3, -0.25) is 9.59 Å². The first-order valence-corrected chi connectivity index (χ1v) is 7.04. The third-order valence-electron chi connectivity index (χ3n) is 3.52. The molecule has 1 fully saturated rings. The lowest BCUT2D eigenvalue weighted by Gasteiger charge is -2.16. The Morgan fingerprint density at radius 3 is 2.75 bits per heavy atom. The van der Waals surface area contributed by atoms with Gasteiger partial charge in [0.15, 0.2) is 0 Å². The zero-order valence-corrected chi connectivity index (χ0v) is 11.5. The van der Waals surface area contributed by atoms with Gasteiger partial charge in [-0.1, -0.05) is 30.3 Å². The number of rotatable bonds is 6. The van der Waals surface area contributed by atoms with E-state index in [1.54, 1.807) is 0 Å². The Bertz CT molecular complexity index is 461. The molecule has 20 heavy (non-hydrogen) atoms. The fraction of sp³-hybridized carbons (Fsp3) is 0.467. The summed E-state index contributed by atoms with van der Waals surface area (Å²) in [7, 11) is 0. The molecule has 5 heteroatoms. The molecule has 1 saturated heterocycles. The molecule has 108 valence electrons. The van der Waals surface area contributed by atoms with Crippen LogP contribution in [-0.2, 0) is 9.59 Å². The Morgan fingerprint density at radius 2 is 2.10 bits per heavy atom. The van der Waals surface area contributed by atoms with Crippen molar-refractivity contribution in [2.24, 2.45) is 5.73 Å². The van der Waals surface area contributed by atoms with Crippen molar-refractivity contribution < 1.29 is 9.59 Å². The van der Waals surface area contributed by atoms with E-state index < -0.39 is 6.04 Å². The second kappa shape index (κ2) is 7.05. The lowest BCUT2D eigenvalue weighted by atomic mass is 10.1. The summed E-state index contributed by atoms with van der Waals surface area (Å²) in [5.74, 6) is 0.0428. The molecule has 1 heterocycles. The second-order valence-electron chi connectivity index (χ2n) is 5.02. The summed E-state index contributed by atoms with van der Waals surface area (Å²) in [5.41, 5.74) is 6.69. The number of hydrogen-bond donors (Lipinski definition) is 2. The molecule has 2 rings (SSSR count). The lowest BCUT2D eigenvalue weighted by Crippen LogP contribution is -2.36. The minimum atomic E-state index is -0.635. The summed E-state index contributed by atoms with van der Waals surface area (Å²) in [6.07, 6.45) is 2.37. The van der Waals surface area contributed by atoms with Gasteiger partial charge in [-0.25, -0.2) is 0 Å². The second-order valence-corrected chi connectivity index (χ2v) is 5.02. The topological polar surface area (TPSA) is 75.4 Å². The maximum atomic E-state index is 11.9. The molecule has 1 atom stereocenters. The highest BCUT2D eigenvalue weighted by Crippen LogP contribution is 2.10. The van der Waals surface area contributed by atoms with Gasteiger partial charge in [0.05, 0.1) is 0 Å². The van der Waals surface area contributed by atoms with Crippen LogP contribution in [0.25, 0.3) is 0 Å². The van der Waals surface area contributed by atoms with Gasteiger partial charge in [0.2, 0.25) is 11.8 Å². The third-order valence-corrected chi connectivity index (χ3v) is 3.52. The summed E-state index contributed by atoms with van der Waals surface area (Å²) < 4.78 is 0.